The molecule has 0 aromatic carbocycles. The minimum atomic E-state index is -0.147. The van der Waals surface area contributed by atoms with Crippen molar-refractivity contribution in [3.05, 3.63) is 17.5 Å². The fraction of sp³-hybridized carbons (Fsp3) is 0.733. The monoisotopic (exact) mass is 275 g/mol. The molecular weight excluding hydrogens is 254 g/mol. The Morgan fingerprint density at radius 3 is 2.60 bits per heavy atom. The number of hydrogen-bond donors (Lipinski definition) is 2. The van der Waals surface area contributed by atoms with Crippen LogP contribution in [0.25, 0.3) is 0 Å². The molecule has 1 aromatic heterocycles. The van der Waals surface area contributed by atoms with Gasteiger partial charge in [0.05, 0.1) is 6.10 Å². The largest absolute Gasteiger partial charge is 0.393 e. The van der Waals surface area contributed by atoms with Crippen molar-refractivity contribution >= 4 is 5.91 Å². The summed E-state index contributed by atoms with van der Waals surface area (Å²) >= 11 is 0. The maximum atomic E-state index is 12.4. The summed E-state index contributed by atoms with van der Waals surface area (Å²) in [5.74, 6) is 0.635. The molecule has 1 unspecified atom stereocenters. The Balaban J connectivity index is 1.41. The lowest BCUT2D eigenvalue weighted by Gasteiger charge is -2.51. The SMILES string of the molecule is O=C(c1cc(C2CC2)[nH]n1)N1CCC2(CCC2O)CC1. The summed E-state index contributed by atoms with van der Waals surface area (Å²) in [6, 6.07) is 1.92. The lowest BCUT2D eigenvalue weighted by molar-refractivity contribution is -0.0952. The van der Waals surface area contributed by atoms with E-state index in [-0.39, 0.29) is 17.4 Å². The van der Waals surface area contributed by atoms with Gasteiger partial charge in [-0.1, -0.05) is 0 Å². The van der Waals surface area contributed by atoms with Crippen LogP contribution >= 0.6 is 0 Å². The summed E-state index contributed by atoms with van der Waals surface area (Å²) < 4.78 is 0. The van der Waals surface area contributed by atoms with E-state index in [9.17, 15) is 9.90 Å². The van der Waals surface area contributed by atoms with Crippen molar-refractivity contribution in [2.24, 2.45) is 5.41 Å². The van der Waals surface area contributed by atoms with Crippen molar-refractivity contribution in [3.63, 3.8) is 0 Å². The first-order valence-electron chi connectivity index (χ1n) is 7.71. The Morgan fingerprint density at radius 1 is 1.30 bits per heavy atom. The first-order chi connectivity index (χ1) is 9.68. The molecule has 1 spiro atoms. The molecule has 4 rings (SSSR count). The van der Waals surface area contributed by atoms with Gasteiger partial charge in [-0.15, -0.1) is 0 Å². The van der Waals surface area contributed by atoms with Gasteiger partial charge in [-0.3, -0.25) is 9.89 Å². The zero-order valence-corrected chi connectivity index (χ0v) is 11.6. The number of H-pyrrole nitrogens is 1. The predicted molar refractivity (Wildman–Crippen MR) is 73.4 cm³/mol. The number of aromatic amines is 1. The van der Waals surface area contributed by atoms with Gasteiger partial charge in [0.2, 0.25) is 0 Å². The molecule has 3 fully saturated rings. The van der Waals surface area contributed by atoms with Crippen molar-refractivity contribution in [2.45, 2.75) is 50.5 Å². The van der Waals surface area contributed by atoms with E-state index in [0.29, 0.717) is 11.6 Å². The molecule has 0 bridgehead atoms. The second-order valence-corrected chi connectivity index (χ2v) is 6.69. The number of piperidine rings is 1. The van der Waals surface area contributed by atoms with Crippen LogP contribution < -0.4 is 0 Å². The number of amides is 1. The van der Waals surface area contributed by atoms with Crippen molar-refractivity contribution in [2.75, 3.05) is 13.1 Å². The normalized spacial score (nSPS) is 28.4. The van der Waals surface area contributed by atoms with E-state index in [0.717, 1.165) is 44.5 Å². The Bertz CT molecular complexity index is 527. The summed E-state index contributed by atoms with van der Waals surface area (Å²) in [7, 11) is 0. The maximum absolute atomic E-state index is 12.4. The van der Waals surface area contributed by atoms with Gasteiger partial charge in [0.25, 0.3) is 5.91 Å². The van der Waals surface area contributed by atoms with Crippen molar-refractivity contribution in [3.8, 4) is 0 Å². The molecule has 1 atom stereocenters. The highest BCUT2D eigenvalue weighted by Crippen LogP contribution is 2.49. The van der Waals surface area contributed by atoms with Crippen LogP contribution in [-0.2, 0) is 0 Å². The van der Waals surface area contributed by atoms with E-state index in [1.807, 2.05) is 11.0 Å². The van der Waals surface area contributed by atoms with Crippen LogP contribution in [0, 0.1) is 5.41 Å². The Labute approximate surface area is 118 Å². The lowest BCUT2D eigenvalue weighted by atomic mass is 9.61. The molecule has 3 aliphatic rings. The van der Waals surface area contributed by atoms with Gasteiger partial charge in [0.1, 0.15) is 5.69 Å². The Kier molecular flexibility index (Phi) is 2.67. The molecule has 1 aromatic rings. The van der Waals surface area contributed by atoms with Crippen LogP contribution in [0.15, 0.2) is 6.07 Å². The van der Waals surface area contributed by atoms with Crippen LogP contribution in [0.2, 0.25) is 0 Å². The molecule has 1 amide bonds. The minimum Gasteiger partial charge on any atom is -0.393 e. The topological polar surface area (TPSA) is 69.2 Å². The Hall–Kier alpha value is -1.36. The number of aliphatic hydroxyl groups excluding tert-OH is 1. The van der Waals surface area contributed by atoms with Crippen LogP contribution in [0.4, 0.5) is 0 Å². The maximum Gasteiger partial charge on any atom is 0.274 e. The number of hydrogen-bond acceptors (Lipinski definition) is 3. The number of likely N-dealkylation sites (tertiary alicyclic amines) is 1. The molecule has 20 heavy (non-hydrogen) atoms. The molecule has 2 N–H and O–H groups in total. The minimum absolute atomic E-state index is 0.0387. The van der Waals surface area contributed by atoms with Gasteiger partial charge in [-0.25, -0.2) is 0 Å². The van der Waals surface area contributed by atoms with Crippen LogP contribution in [0.1, 0.15) is 60.6 Å². The fourth-order valence-corrected chi connectivity index (χ4v) is 3.63. The number of nitrogens with zero attached hydrogens (tertiary/aromatic N) is 2. The summed E-state index contributed by atoms with van der Waals surface area (Å²) in [6.45, 7) is 1.50. The van der Waals surface area contributed by atoms with Gasteiger partial charge < -0.3 is 10.0 Å². The second-order valence-electron chi connectivity index (χ2n) is 6.69. The fourth-order valence-electron chi connectivity index (χ4n) is 3.63. The highest BCUT2D eigenvalue weighted by Gasteiger charge is 2.48. The number of aliphatic hydroxyl groups is 1. The van der Waals surface area contributed by atoms with Gasteiger partial charge in [0, 0.05) is 24.7 Å². The average Bonchev–Trinajstić information content (AvgIpc) is 3.22. The molecule has 0 radical (unpaired) electrons. The smallest absolute Gasteiger partial charge is 0.274 e. The zero-order chi connectivity index (χ0) is 13.7. The van der Waals surface area contributed by atoms with E-state index in [2.05, 4.69) is 10.2 Å². The van der Waals surface area contributed by atoms with E-state index in [1.165, 1.54) is 12.8 Å². The molecule has 5 heteroatoms. The third kappa shape index (κ3) is 1.87. The molecule has 1 saturated heterocycles. The summed E-state index contributed by atoms with van der Waals surface area (Å²) in [6.07, 6.45) is 6.17. The van der Waals surface area contributed by atoms with Gasteiger partial charge >= 0.3 is 0 Å². The van der Waals surface area contributed by atoms with Crippen molar-refractivity contribution < 1.29 is 9.90 Å². The lowest BCUT2D eigenvalue weighted by Crippen LogP contribution is -2.53. The van der Waals surface area contributed by atoms with E-state index < -0.39 is 0 Å². The highest BCUT2D eigenvalue weighted by molar-refractivity contribution is 5.92. The van der Waals surface area contributed by atoms with E-state index in [4.69, 9.17) is 0 Å². The average molecular weight is 275 g/mol. The zero-order valence-electron chi connectivity index (χ0n) is 11.6. The number of carbonyl (C=O) groups is 1. The third-order valence-electron chi connectivity index (χ3n) is 5.50. The summed E-state index contributed by atoms with van der Waals surface area (Å²) in [4.78, 5) is 14.3. The quantitative estimate of drug-likeness (QED) is 0.862. The van der Waals surface area contributed by atoms with Crippen molar-refractivity contribution in [1.82, 2.24) is 15.1 Å². The first-order valence-corrected chi connectivity index (χ1v) is 7.71. The van der Waals surface area contributed by atoms with Crippen LogP contribution in [-0.4, -0.2) is 45.3 Å². The molecule has 1 aliphatic heterocycles. The molecule has 2 aliphatic carbocycles. The first kappa shape index (κ1) is 12.4. The third-order valence-corrected chi connectivity index (χ3v) is 5.50. The second kappa shape index (κ2) is 4.32. The van der Waals surface area contributed by atoms with Gasteiger partial charge in [0.15, 0.2) is 0 Å². The molecule has 2 saturated carbocycles. The summed E-state index contributed by atoms with van der Waals surface area (Å²) in [5, 5.41) is 17.1. The molecular formula is C15H21N3O2. The highest BCUT2D eigenvalue weighted by atomic mass is 16.3. The van der Waals surface area contributed by atoms with Crippen molar-refractivity contribution in [1.29, 1.82) is 0 Å². The molecule has 2 heterocycles. The van der Waals surface area contributed by atoms with Crippen LogP contribution in [0.3, 0.4) is 0 Å². The molecule has 5 nitrogen and oxygen atoms in total. The van der Waals surface area contributed by atoms with Gasteiger partial charge in [-0.05, 0) is 50.0 Å². The number of nitrogens with one attached hydrogen (secondary N) is 1. The standard InChI is InChI=1S/C15H21N3O2/c19-13-3-4-15(13)5-7-18(8-6-15)14(20)12-9-11(16-17-12)10-1-2-10/h9-10,13,19H,1-8H2,(H,16,17). The number of aromatic nitrogens is 2. The van der Waals surface area contributed by atoms with Crippen LogP contribution in [0.5, 0.6) is 0 Å². The molecule has 108 valence electrons. The Morgan fingerprint density at radius 2 is 2.05 bits per heavy atom. The van der Waals surface area contributed by atoms with Gasteiger partial charge in [-0.2, -0.15) is 5.10 Å². The van der Waals surface area contributed by atoms with E-state index >= 15 is 0 Å². The predicted octanol–water partition coefficient (Wildman–Crippen LogP) is 1.66. The summed E-state index contributed by atoms with van der Waals surface area (Å²) in [5.41, 5.74) is 1.77. The van der Waals surface area contributed by atoms with E-state index in [1.54, 1.807) is 0 Å². The number of carbonyl (C=O) groups excluding carboxylic acids is 1. The number of rotatable bonds is 2.